The van der Waals surface area contributed by atoms with Gasteiger partial charge >= 0.3 is 0 Å². The second-order valence-electron chi connectivity index (χ2n) is 5.00. The van der Waals surface area contributed by atoms with E-state index in [-0.39, 0.29) is 12.3 Å². The Morgan fingerprint density at radius 1 is 1.42 bits per heavy atom. The number of nitrogens with zero attached hydrogens (tertiary/aromatic N) is 1. The predicted molar refractivity (Wildman–Crippen MR) is 80.3 cm³/mol. The number of rotatable bonds is 3. The zero-order valence-corrected chi connectivity index (χ0v) is 12.8. The van der Waals surface area contributed by atoms with E-state index in [9.17, 15) is 4.79 Å². The number of aromatic amines is 1. The first-order valence-electron chi connectivity index (χ1n) is 5.61. The van der Waals surface area contributed by atoms with Crippen LogP contribution in [0.1, 0.15) is 20.3 Å². The molecule has 1 aromatic carbocycles. The van der Waals surface area contributed by atoms with E-state index in [1.807, 2.05) is 18.4 Å². The van der Waals surface area contributed by atoms with Gasteiger partial charge in [-0.1, -0.05) is 23.2 Å². The van der Waals surface area contributed by atoms with Crippen LogP contribution < -0.4 is 5.73 Å². The molecule has 0 spiro atoms. The van der Waals surface area contributed by atoms with Gasteiger partial charge in [0.05, 0.1) is 26.6 Å². The molecule has 1 heterocycles. The minimum atomic E-state index is -0.543. The van der Waals surface area contributed by atoms with E-state index in [4.69, 9.17) is 41.2 Å². The monoisotopic (exact) mass is 317 g/mol. The van der Waals surface area contributed by atoms with Crippen molar-refractivity contribution in [2.75, 3.05) is 0 Å². The second kappa shape index (κ2) is 4.81. The molecule has 4 nitrogen and oxygen atoms in total. The Kier molecular flexibility index (Phi) is 3.64. The molecule has 0 fully saturated rings. The summed E-state index contributed by atoms with van der Waals surface area (Å²) in [4.78, 5) is 14.3. The fraction of sp³-hybridized carbons (Fsp3) is 0.333. The zero-order valence-electron chi connectivity index (χ0n) is 10.5. The smallest absolute Gasteiger partial charge is 0.219 e. The molecule has 2 rings (SSSR count). The molecule has 0 aliphatic rings. The van der Waals surface area contributed by atoms with Crippen LogP contribution in [0.25, 0.3) is 11.0 Å². The molecule has 0 saturated carbocycles. The van der Waals surface area contributed by atoms with Crippen molar-refractivity contribution in [3.05, 3.63) is 26.9 Å². The number of imidazole rings is 1. The van der Waals surface area contributed by atoms with Crippen LogP contribution in [0.15, 0.2) is 12.1 Å². The Morgan fingerprint density at radius 3 is 2.58 bits per heavy atom. The summed E-state index contributed by atoms with van der Waals surface area (Å²) in [5.74, 6) is -0.388. The average Bonchev–Trinajstić information content (AvgIpc) is 2.53. The van der Waals surface area contributed by atoms with Gasteiger partial charge < -0.3 is 15.3 Å². The summed E-state index contributed by atoms with van der Waals surface area (Å²) < 4.78 is 2.34. The zero-order chi connectivity index (χ0) is 14.4. The molecule has 2 aromatic rings. The SMILES string of the molecule is CC(C)(CC(N)=O)n1c(=S)[nH]c2cc(Cl)c(Cl)cc21. The average molecular weight is 318 g/mol. The van der Waals surface area contributed by atoms with Gasteiger partial charge in [-0.25, -0.2) is 0 Å². The van der Waals surface area contributed by atoms with Crippen LogP contribution >= 0.6 is 35.4 Å². The lowest BCUT2D eigenvalue weighted by molar-refractivity contribution is -0.119. The Hall–Kier alpha value is -1.04. The fourth-order valence-electron chi connectivity index (χ4n) is 2.21. The normalized spacial score (nSPS) is 12.0. The van der Waals surface area contributed by atoms with Crippen LogP contribution in [0, 0.1) is 4.77 Å². The van der Waals surface area contributed by atoms with Crippen LogP contribution in [-0.2, 0) is 10.3 Å². The van der Waals surface area contributed by atoms with Crippen molar-refractivity contribution in [1.29, 1.82) is 0 Å². The highest BCUT2D eigenvalue weighted by Crippen LogP contribution is 2.31. The number of primary amides is 1. The van der Waals surface area contributed by atoms with E-state index in [0.717, 1.165) is 11.0 Å². The topological polar surface area (TPSA) is 63.8 Å². The number of fused-ring (bicyclic) bond motifs is 1. The van der Waals surface area contributed by atoms with Gasteiger partial charge in [0.25, 0.3) is 0 Å². The number of benzene rings is 1. The lowest BCUT2D eigenvalue weighted by atomic mass is 10.00. The van der Waals surface area contributed by atoms with E-state index in [2.05, 4.69) is 4.98 Å². The van der Waals surface area contributed by atoms with Crippen LogP contribution in [0.5, 0.6) is 0 Å². The number of aromatic nitrogens is 2. The summed E-state index contributed by atoms with van der Waals surface area (Å²) in [6.45, 7) is 3.78. The highest BCUT2D eigenvalue weighted by Gasteiger charge is 2.26. The van der Waals surface area contributed by atoms with Crippen molar-refractivity contribution in [2.45, 2.75) is 25.8 Å². The molecule has 0 saturated heterocycles. The predicted octanol–water partition coefficient (Wildman–Crippen LogP) is 3.62. The maximum absolute atomic E-state index is 11.2. The van der Waals surface area contributed by atoms with Gasteiger partial charge in [-0.05, 0) is 38.2 Å². The number of halogens is 2. The third-order valence-corrected chi connectivity index (χ3v) is 3.94. The molecule has 0 bridgehead atoms. The number of H-pyrrole nitrogens is 1. The first-order chi connectivity index (χ1) is 8.72. The largest absolute Gasteiger partial charge is 0.370 e. The maximum atomic E-state index is 11.2. The van der Waals surface area contributed by atoms with Crippen molar-refractivity contribution in [3.8, 4) is 0 Å². The van der Waals surface area contributed by atoms with Crippen molar-refractivity contribution in [3.63, 3.8) is 0 Å². The van der Waals surface area contributed by atoms with Gasteiger partial charge in [0.2, 0.25) is 5.91 Å². The Labute approximate surface area is 125 Å². The number of carbonyl (C=O) groups is 1. The van der Waals surface area contributed by atoms with Gasteiger partial charge in [-0.15, -0.1) is 0 Å². The standard InChI is InChI=1S/C12H13Cl2N3OS/c1-12(2,5-10(15)18)17-9-4-7(14)6(13)3-8(9)16-11(17)19/h3-4H,5H2,1-2H3,(H2,15,18)(H,16,19). The molecule has 0 aliphatic heterocycles. The molecule has 3 N–H and O–H groups in total. The lowest BCUT2D eigenvalue weighted by Gasteiger charge is -2.26. The van der Waals surface area contributed by atoms with Gasteiger partial charge in [0.15, 0.2) is 4.77 Å². The molecule has 0 radical (unpaired) electrons. The second-order valence-corrected chi connectivity index (χ2v) is 6.21. The third-order valence-electron chi connectivity index (χ3n) is 2.94. The number of carbonyl (C=O) groups excluding carboxylic acids is 1. The van der Waals surface area contributed by atoms with Gasteiger partial charge in [0, 0.05) is 6.42 Å². The third kappa shape index (κ3) is 2.63. The van der Waals surface area contributed by atoms with E-state index < -0.39 is 5.54 Å². The lowest BCUT2D eigenvalue weighted by Crippen LogP contribution is -2.32. The molecule has 7 heteroatoms. The Balaban J connectivity index is 2.73. The van der Waals surface area contributed by atoms with E-state index >= 15 is 0 Å². The van der Waals surface area contributed by atoms with E-state index in [1.54, 1.807) is 12.1 Å². The Bertz CT molecular complexity index is 718. The molecular weight excluding hydrogens is 305 g/mol. The molecule has 0 atom stereocenters. The fourth-order valence-corrected chi connectivity index (χ4v) is 2.99. The van der Waals surface area contributed by atoms with Gasteiger partial charge in [-0.2, -0.15) is 0 Å². The minimum absolute atomic E-state index is 0.175. The van der Waals surface area contributed by atoms with Crippen LogP contribution in [0.2, 0.25) is 10.0 Å². The van der Waals surface area contributed by atoms with E-state index in [1.165, 1.54) is 0 Å². The minimum Gasteiger partial charge on any atom is -0.370 e. The molecule has 0 aliphatic carbocycles. The number of hydrogen-bond donors (Lipinski definition) is 2. The van der Waals surface area contributed by atoms with E-state index in [0.29, 0.717) is 14.8 Å². The molecule has 102 valence electrons. The molecular formula is C12H13Cl2N3OS. The number of nitrogens with one attached hydrogen (secondary N) is 1. The summed E-state index contributed by atoms with van der Waals surface area (Å²) in [6, 6.07) is 3.44. The first-order valence-corrected chi connectivity index (χ1v) is 6.77. The summed E-state index contributed by atoms with van der Waals surface area (Å²) in [6.07, 6.45) is 0.175. The van der Waals surface area contributed by atoms with Crippen molar-refractivity contribution in [1.82, 2.24) is 9.55 Å². The Morgan fingerprint density at radius 2 is 2.00 bits per heavy atom. The van der Waals surface area contributed by atoms with Crippen molar-refractivity contribution in [2.24, 2.45) is 5.73 Å². The first kappa shape index (κ1) is 14.4. The molecule has 1 aromatic heterocycles. The number of hydrogen-bond acceptors (Lipinski definition) is 2. The summed E-state index contributed by atoms with van der Waals surface area (Å²) in [5, 5.41) is 0.886. The quantitative estimate of drug-likeness (QED) is 0.849. The summed E-state index contributed by atoms with van der Waals surface area (Å²) in [7, 11) is 0. The van der Waals surface area contributed by atoms with Crippen LogP contribution in [0.3, 0.4) is 0 Å². The van der Waals surface area contributed by atoms with Gasteiger partial charge in [-0.3, -0.25) is 4.79 Å². The highest BCUT2D eigenvalue weighted by molar-refractivity contribution is 7.71. The summed E-state index contributed by atoms with van der Waals surface area (Å²) >= 11 is 17.3. The molecule has 1 amide bonds. The van der Waals surface area contributed by atoms with Gasteiger partial charge in [0.1, 0.15) is 0 Å². The van der Waals surface area contributed by atoms with Crippen LogP contribution in [0.4, 0.5) is 0 Å². The number of nitrogens with two attached hydrogens (primary N) is 1. The molecule has 0 unspecified atom stereocenters. The van der Waals surface area contributed by atoms with Crippen molar-refractivity contribution >= 4 is 52.4 Å². The highest BCUT2D eigenvalue weighted by atomic mass is 35.5. The summed E-state index contributed by atoms with van der Waals surface area (Å²) in [5.41, 5.74) is 6.32. The molecule has 19 heavy (non-hydrogen) atoms. The number of amides is 1. The van der Waals surface area contributed by atoms with Crippen molar-refractivity contribution < 1.29 is 4.79 Å². The van der Waals surface area contributed by atoms with Crippen LogP contribution in [-0.4, -0.2) is 15.5 Å². The maximum Gasteiger partial charge on any atom is 0.219 e.